The molecular weight excluding hydrogens is 390 g/mol. The second-order valence-corrected chi connectivity index (χ2v) is 7.59. The van der Waals surface area contributed by atoms with Gasteiger partial charge in [-0.1, -0.05) is 26.0 Å². The van der Waals surface area contributed by atoms with Crippen molar-refractivity contribution in [3.8, 4) is 11.8 Å². The lowest BCUT2D eigenvalue weighted by molar-refractivity contribution is 0.0934. The van der Waals surface area contributed by atoms with Crippen LogP contribution in [0.3, 0.4) is 0 Å². The fourth-order valence-corrected chi connectivity index (χ4v) is 2.86. The fourth-order valence-electron chi connectivity index (χ4n) is 2.86. The minimum atomic E-state index is -0.665. The van der Waals surface area contributed by atoms with E-state index >= 15 is 0 Å². The number of ether oxygens (including phenoxy) is 1. The Bertz CT molecular complexity index is 1050. The number of carbonyl (C=O) groups excluding carboxylic acids is 1. The normalized spacial score (nSPS) is 12.1. The van der Waals surface area contributed by atoms with E-state index in [0.717, 1.165) is 11.1 Å². The topological polar surface area (TPSA) is 64.4 Å². The van der Waals surface area contributed by atoms with Gasteiger partial charge in [-0.05, 0) is 61.6 Å². The Morgan fingerprint density at radius 2 is 1.73 bits per heavy atom. The molecule has 1 atom stereocenters. The zero-order chi connectivity index (χ0) is 22.0. The number of carbonyl (C=O) groups is 1. The second-order valence-electron chi connectivity index (χ2n) is 7.59. The summed E-state index contributed by atoms with van der Waals surface area (Å²) in [7, 11) is 0. The van der Waals surface area contributed by atoms with E-state index in [1.165, 1.54) is 25.3 Å². The Hall–Kier alpha value is -3.22. The van der Waals surface area contributed by atoms with E-state index in [1.807, 2.05) is 25.1 Å². The minimum absolute atomic E-state index is 0.00238. The zero-order valence-corrected chi connectivity index (χ0v) is 17.5. The lowest BCUT2D eigenvalue weighted by atomic mass is 10.0. The minimum Gasteiger partial charge on any atom is -0.416 e. The van der Waals surface area contributed by atoms with Crippen LogP contribution in [0.1, 0.15) is 65.5 Å². The molecule has 0 bridgehead atoms. The number of amides is 1. The molecule has 158 valence electrons. The van der Waals surface area contributed by atoms with Crippen molar-refractivity contribution >= 4 is 5.91 Å². The van der Waals surface area contributed by atoms with Crippen molar-refractivity contribution in [1.29, 1.82) is 0 Å². The highest BCUT2D eigenvalue weighted by Crippen LogP contribution is 2.28. The third kappa shape index (κ3) is 4.67. The van der Waals surface area contributed by atoms with Crippen molar-refractivity contribution in [2.45, 2.75) is 46.6 Å². The molecule has 1 heterocycles. The van der Waals surface area contributed by atoms with Gasteiger partial charge in [0.25, 0.3) is 5.91 Å². The van der Waals surface area contributed by atoms with Gasteiger partial charge in [-0.15, -0.1) is 0 Å². The summed E-state index contributed by atoms with van der Waals surface area (Å²) in [6.45, 7) is 9.04. The van der Waals surface area contributed by atoms with Crippen LogP contribution in [0.4, 0.5) is 8.78 Å². The van der Waals surface area contributed by atoms with Gasteiger partial charge in [0.05, 0.1) is 6.04 Å². The first kappa shape index (κ1) is 21.5. The highest BCUT2D eigenvalue weighted by Gasteiger charge is 2.19. The Balaban J connectivity index is 1.72. The highest BCUT2D eigenvalue weighted by molar-refractivity contribution is 5.92. The Kier molecular flexibility index (Phi) is 6.20. The van der Waals surface area contributed by atoms with Crippen LogP contribution in [0.25, 0.3) is 0 Å². The SMILES string of the molecule is Cc1ccc(C(C)C)cc1Oc1nc(C(=O)N[C@H](C)c2cc(F)c(C)c(F)c2)co1. The fraction of sp³-hybridized carbons (Fsp3) is 0.304. The maximum atomic E-state index is 13.8. The number of nitrogens with one attached hydrogen (secondary N) is 1. The van der Waals surface area contributed by atoms with Gasteiger partial charge in [0.2, 0.25) is 0 Å². The standard InChI is InChI=1S/C23H24F2N2O3/c1-12(2)16-7-6-13(3)21(10-16)30-23-27-20(11-29-23)22(28)26-15(5)17-8-18(24)14(4)19(25)9-17/h6-12,15H,1-5H3,(H,26,28)/t15-/m1/s1. The summed E-state index contributed by atoms with van der Waals surface area (Å²) in [5, 5.41) is 2.65. The largest absolute Gasteiger partial charge is 0.416 e. The number of aromatic nitrogens is 1. The first-order valence-corrected chi connectivity index (χ1v) is 9.66. The van der Waals surface area contributed by atoms with Crippen molar-refractivity contribution in [3.05, 3.63) is 76.2 Å². The molecule has 3 aromatic rings. The molecule has 0 spiro atoms. The molecule has 1 amide bonds. The molecule has 0 aliphatic heterocycles. The second kappa shape index (κ2) is 8.65. The molecular formula is C23H24F2N2O3. The number of benzene rings is 2. The predicted molar refractivity (Wildman–Crippen MR) is 109 cm³/mol. The van der Waals surface area contributed by atoms with Crippen LogP contribution in [0.15, 0.2) is 41.0 Å². The van der Waals surface area contributed by atoms with Gasteiger partial charge in [0, 0.05) is 5.56 Å². The van der Waals surface area contributed by atoms with Crippen molar-refractivity contribution in [2.24, 2.45) is 0 Å². The number of nitrogens with zero attached hydrogens (tertiary/aromatic N) is 1. The number of halogens is 2. The van der Waals surface area contributed by atoms with Crippen LogP contribution >= 0.6 is 0 Å². The quantitative estimate of drug-likeness (QED) is 0.539. The maximum Gasteiger partial charge on any atom is 0.399 e. The van der Waals surface area contributed by atoms with Gasteiger partial charge in [-0.2, -0.15) is 4.98 Å². The van der Waals surface area contributed by atoms with Gasteiger partial charge in [0.1, 0.15) is 23.6 Å². The van der Waals surface area contributed by atoms with Gasteiger partial charge in [-0.3, -0.25) is 4.79 Å². The van der Waals surface area contributed by atoms with E-state index in [4.69, 9.17) is 9.15 Å². The number of rotatable bonds is 6. The third-order valence-corrected chi connectivity index (χ3v) is 4.94. The van der Waals surface area contributed by atoms with Gasteiger partial charge >= 0.3 is 6.08 Å². The first-order chi connectivity index (χ1) is 14.2. The van der Waals surface area contributed by atoms with Gasteiger partial charge in [-0.25, -0.2) is 8.78 Å². The molecule has 0 aliphatic carbocycles. The Labute approximate surface area is 174 Å². The molecule has 0 unspecified atom stereocenters. The summed E-state index contributed by atoms with van der Waals surface area (Å²) in [6.07, 6.45) is 1.11. The molecule has 2 aromatic carbocycles. The van der Waals surface area contributed by atoms with E-state index in [-0.39, 0.29) is 17.3 Å². The average Bonchev–Trinajstić information content (AvgIpc) is 3.16. The molecule has 30 heavy (non-hydrogen) atoms. The number of aryl methyl sites for hydroxylation is 1. The Morgan fingerprint density at radius 1 is 1.07 bits per heavy atom. The molecule has 5 nitrogen and oxygen atoms in total. The summed E-state index contributed by atoms with van der Waals surface area (Å²) in [5.74, 6) is -0.953. The predicted octanol–water partition coefficient (Wildman–Crippen LogP) is 5.98. The van der Waals surface area contributed by atoms with E-state index < -0.39 is 23.6 Å². The third-order valence-electron chi connectivity index (χ3n) is 4.94. The van der Waals surface area contributed by atoms with Crippen molar-refractivity contribution in [2.75, 3.05) is 0 Å². The summed E-state index contributed by atoms with van der Waals surface area (Å²) < 4.78 is 38.6. The monoisotopic (exact) mass is 414 g/mol. The summed E-state index contributed by atoms with van der Waals surface area (Å²) in [4.78, 5) is 16.5. The van der Waals surface area contributed by atoms with E-state index in [2.05, 4.69) is 24.1 Å². The van der Waals surface area contributed by atoms with Crippen molar-refractivity contribution < 1.29 is 22.7 Å². The van der Waals surface area contributed by atoms with Crippen molar-refractivity contribution in [1.82, 2.24) is 10.3 Å². The molecule has 0 aliphatic rings. The zero-order valence-electron chi connectivity index (χ0n) is 17.5. The van der Waals surface area contributed by atoms with E-state index in [9.17, 15) is 13.6 Å². The van der Waals surface area contributed by atoms with Crippen LogP contribution in [0, 0.1) is 25.5 Å². The molecule has 1 N–H and O–H groups in total. The lowest BCUT2D eigenvalue weighted by Crippen LogP contribution is -2.27. The highest BCUT2D eigenvalue weighted by atomic mass is 19.1. The molecule has 3 rings (SSSR count). The van der Waals surface area contributed by atoms with Gasteiger partial charge in [0.15, 0.2) is 5.69 Å². The summed E-state index contributed by atoms with van der Waals surface area (Å²) >= 11 is 0. The molecule has 0 radical (unpaired) electrons. The van der Waals surface area contributed by atoms with Crippen LogP contribution in [0.2, 0.25) is 0 Å². The van der Waals surface area contributed by atoms with Crippen LogP contribution in [-0.4, -0.2) is 10.9 Å². The maximum absolute atomic E-state index is 13.8. The molecule has 1 aromatic heterocycles. The van der Waals surface area contributed by atoms with E-state index in [0.29, 0.717) is 17.2 Å². The number of hydrogen-bond donors (Lipinski definition) is 1. The number of hydrogen-bond acceptors (Lipinski definition) is 4. The summed E-state index contributed by atoms with van der Waals surface area (Å²) in [5.41, 5.74) is 2.26. The van der Waals surface area contributed by atoms with Crippen molar-refractivity contribution in [3.63, 3.8) is 0 Å². The Morgan fingerprint density at radius 3 is 2.37 bits per heavy atom. The lowest BCUT2D eigenvalue weighted by Gasteiger charge is -2.14. The first-order valence-electron chi connectivity index (χ1n) is 9.66. The van der Waals surface area contributed by atoms with E-state index in [1.54, 1.807) is 6.92 Å². The average molecular weight is 414 g/mol. The van der Waals surface area contributed by atoms with Crippen LogP contribution in [0.5, 0.6) is 11.8 Å². The molecule has 7 heteroatoms. The molecule has 0 saturated carbocycles. The van der Waals surface area contributed by atoms with Crippen LogP contribution < -0.4 is 10.1 Å². The molecule has 0 fully saturated rings. The molecule has 0 saturated heterocycles. The smallest absolute Gasteiger partial charge is 0.399 e. The summed E-state index contributed by atoms with van der Waals surface area (Å²) in [6, 6.07) is 7.65. The van der Waals surface area contributed by atoms with Crippen LogP contribution in [-0.2, 0) is 0 Å². The number of oxazole rings is 1. The van der Waals surface area contributed by atoms with Gasteiger partial charge < -0.3 is 14.5 Å².